The van der Waals surface area contributed by atoms with E-state index < -0.39 is 0 Å². The molecule has 1 radical (unpaired) electrons. The predicted octanol–water partition coefficient (Wildman–Crippen LogP) is 1.80. The molecule has 0 aliphatic carbocycles. The third kappa shape index (κ3) is 5.96. The molecule has 0 aromatic carbocycles. The maximum absolute atomic E-state index is 8.42. The Kier molecular flexibility index (Phi) is 6.69. The predicted molar refractivity (Wildman–Crippen MR) is 46.7 cm³/mol. The third-order valence-electron chi connectivity index (χ3n) is 1.15. The second-order valence-electron chi connectivity index (χ2n) is 2.08. The Hall–Kier alpha value is -1.25. The molecule has 2 N–H and O–H groups in total. The van der Waals surface area contributed by atoms with Crippen LogP contribution in [0.2, 0.25) is 0 Å². The Bertz CT molecular complexity index is 257. The number of aromatic nitrogens is 2. The van der Waals surface area contributed by atoms with E-state index in [1.165, 1.54) is 0 Å². The van der Waals surface area contributed by atoms with Gasteiger partial charge in [0.15, 0.2) is 5.88 Å². The van der Waals surface area contributed by atoms with E-state index in [9.17, 15) is 0 Å². The smallest absolute Gasteiger partial charge is 0.188 e. The molecular weight excluding hydrogens is 216 g/mol. The van der Waals surface area contributed by atoms with Crippen molar-refractivity contribution in [2.75, 3.05) is 0 Å². The van der Waals surface area contributed by atoms with Gasteiger partial charge < -0.3 is 10.1 Å². The minimum Gasteiger partial charge on any atom is -0.495 e. The van der Waals surface area contributed by atoms with Gasteiger partial charge in [-0.1, -0.05) is 6.07 Å². The molecule has 2 rings (SSSR count). The first kappa shape index (κ1) is 11.7. The van der Waals surface area contributed by atoms with Gasteiger partial charge in [0, 0.05) is 35.7 Å². The van der Waals surface area contributed by atoms with Gasteiger partial charge in [0.25, 0.3) is 0 Å². The van der Waals surface area contributed by atoms with E-state index in [2.05, 4.69) is 9.97 Å². The van der Waals surface area contributed by atoms with Gasteiger partial charge in [0.2, 0.25) is 0 Å². The van der Waals surface area contributed by atoms with E-state index >= 15 is 0 Å². The number of rotatable bonds is 0. The summed E-state index contributed by atoms with van der Waals surface area (Å²) in [5.74, 6) is 0.218. The van der Waals surface area contributed by atoms with Gasteiger partial charge >= 0.3 is 0 Å². The van der Waals surface area contributed by atoms with Gasteiger partial charge in [-0.25, -0.2) is 0 Å². The average Bonchev–Trinajstić information content (AvgIpc) is 2.60. The van der Waals surface area contributed by atoms with Crippen LogP contribution in [0.4, 0.5) is 0 Å². The van der Waals surface area contributed by atoms with Crippen LogP contribution >= 0.6 is 0 Å². The van der Waals surface area contributed by atoms with Crippen molar-refractivity contribution in [1.82, 2.24) is 9.97 Å². The number of hydrogen-bond acceptors (Lipinski definition) is 2. The van der Waals surface area contributed by atoms with Crippen molar-refractivity contribution in [2.45, 2.75) is 0 Å². The zero-order valence-corrected chi connectivity index (χ0v) is 7.76. The summed E-state index contributed by atoms with van der Waals surface area (Å²) < 4.78 is 0. The van der Waals surface area contributed by atoms with E-state index in [0.717, 1.165) is 0 Å². The molecule has 13 heavy (non-hydrogen) atoms. The van der Waals surface area contributed by atoms with Gasteiger partial charge in [-0.2, -0.15) is 0 Å². The van der Waals surface area contributed by atoms with Crippen molar-refractivity contribution < 1.29 is 22.2 Å². The molecule has 0 aliphatic rings. The topological polar surface area (TPSA) is 48.9 Å². The summed E-state index contributed by atoms with van der Waals surface area (Å²) in [5.41, 5.74) is 0. The van der Waals surface area contributed by atoms with E-state index in [1.807, 2.05) is 18.2 Å². The van der Waals surface area contributed by atoms with Crippen LogP contribution in [0, 0.1) is 0 Å². The summed E-state index contributed by atoms with van der Waals surface area (Å²) >= 11 is 0. The van der Waals surface area contributed by atoms with Crippen LogP contribution in [-0.4, -0.2) is 15.1 Å². The number of H-pyrrole nitrogens is 1. The molecule has 0 atom stereocenters. The number of aromatic amines is 1. The first-order valence-corrected chi connectivity index (χ1v) is 3.57. The average molecular weight is 226 g/mol. The fourth-order valence-electron chi connectivity index (χ4n) is 0.633. The number of nitrogens with one attached hydrogen (secondary N) is 1. The molecule has 0 aliphatic heterocycles. The van der Waals surface area contributed by atoms with Crippen LogP contribution in [0.3, 0.4) is 0 Å². The zero-order valence-electron chi connectivity index (χ0n) is 6.81. The molecule has 3 nitrogen and oxygen atoms in total. The maximum atomic E-state index is 8.42. The molecule has 0 spiro atoms. The molecule has 4 heteroatoms. The quantitative estimate of drug-likeness (QED) is 0.672. The van der Waals surface area contributed by atoms with Crippen molar-refractivity contribution in [1.29, 1.82) is 0 Å². The molecule has 0 amide bonds. The number of pyridine rings is 1. The summed E-state index contributed by atoms with van der Waals surface area (Å²) in [6, 6.07) is 9.03. The van der Waals surface area contributed by atoms with Gasteiger partial charge in [0.1, 0.15) is 0 Å². The fourth-order valence-corrected chi connectivity index (χ4v) is 0.633. The first-order chi connectivity index (χ1) is 5.89. The summed E-state index contributed by atoms with van der Waals surface area (Å²) in [6.07, 6.45) is 5.16. The monoisotopic (exact) mass is 225 g/mol. The van der Waals surface area contributed by atoms with Crippen LogP contribution in [0.1, 0.15) is 0 Å². The molecule has 2 aromatic rings. The molecule has 2 aromatic heterocycles. The van der Waals surface area contributed by atoms with Crippen molar-refractivity contribution in [3.63, 3.8) is 0 Å². The maximum Gasteiger partial charge on any atom is 0.188 e. The molecule has 0 unspecified atom stereocenters. The van der Waals surface area contributed by atoms with Crippen LogP contribution in [0.15, 0.2) is 48.9 Å². The summed E-state index contributed by atoms with van der Waals surface area (Å²) in [4.78, 5) is 6.34. The number of hydrogen-bond donors (Lipinski definition) is 2. The second kappa shape index (κ2) is 7.40. The molecule has 2 heterocycles. The third-order valence-corrected chi connectivity index (χ3v) is 1.15. The standard InChI is InChI=1S/C5H5N.C4H5NO.Cu/c1-2-4-6-5-3-1;6-4-2-1-3-5-4;/h1-5H;1-3,5-6H;. The Balaban J connectivity index is 0.000000206. The van der Waals surface area contributed by atoms with Gasteiger partial charge in [-0.05, 0) is 24.3 Å². The van der Waals surface area contributed by atoms with Crippen LogP contribution in [-0.2, 0) is 17.1 Å². The minimum absolute atomic E-state index is 0. The number of nitrogens with zero attached hydrogens (tertiary/aromatic N) is 1. The molecular formula is C9H10CuN2O. The normalized spacial score (nSPS) is 7.69. The van der Waals surface area contributed by atoms with Crippen LogP contribution in [0.5, 0.6) is 5.88 Å². The second-order valence-corrected chi connectivity index (χ2v) is 2.08. The number of aromatic hydroxyl groups is 1. The SMILES string of the molecule is Oc1ccc[nH]1.[Cu].c1ccncc1. The molecule has 0 bridgehead atoms. The Morgan fingerprint density at radius 1 is 1.08 bits per heavy atom. The van der Waals surface area contributed by atoms with E-state index in [0.29, 0.717) is 0 Å². The zero-order chi connectivity index (χ0) is 8.65. The molecule has 0 saturated heterocycles. The van der Waals surface area contributed by atoms with E-state index in [4.69, 9.17) is 5.11 Å². The summed E-state index contributed by atoms with van der Waals surface area (Å²) in [6.45, 7) is 0. The van der Waals surface area contributed by atoms with Crippen molar-refractivity contribution in [3.8, 4) is 5.88 Å². The van der Waals surface area contributed by atoms with E-state index in [-0.39, 0.29) is 22.9 Å². The van der Waals surface area contributed by atoms with Crippen molar-refractivity contribution in [2.24, 2.45) is 0 Å². The Morgan fingerprint density at radius 3 is 1.92 bits per heavy atom. The van der Waals surface area contributed by atoms with Gasteiger partial charge in [-0.3, -0.25) is 4.98 Å². The molecule has 0 saturated carbocycles. The van der Waals surface area contributed by atoms with Crippen LogP contribution < -0.4 is 0 Å². The van der Waals surface area contributed by atoms with Gasteiger partial charge in [0.05, 0.1) is 0 Å². The van der Waals surface area contributed by atoms with Gasteiger partial charge in [-0.15, -0.1) is 0 Å². The molecule has 0 fully saturated rings. The van der Waals surface area contributed by atoms with Crippen molar-refractivity contribution in [3.05, 3.63) is 48.9 Å². The summed E-state index contributed by atoms with van der Waals surface area (Å²) in [7, 11) is 0. The van der Waals surface area contributed by atoms with E-state index in [1.54, 1.807) is 30.7 Å². The summed E-state index contributed by atoms with van der Waals surface area (Å²) in [5, 5.41) is 8.42. The first-order valence-electron chi connectivity index (χ1n) is 3.57. The fraction of sp³-hybridized carbons (Fsp3) is 0. The largest absolute Gasteiger partial charge is 0.495 e. The minimum atomic E-state index is 0. The van der Waals surface area contributed by atoms with Crippen molar-refractivity contribution >= 4 is 0 Å². The Labute approximate surface area is 87.3 Å². The Morgan fingerprint density at radius 2 is 1.77 bits per heavy atom. The van der Waals surface area contributed by atoms with Crippen LogP contribution in [0.25, 0.3) is 0 Å². The molecule has 73 valence electrons.